The Balaban J connectivity index is 1.43. The molecule has 3 rings (SSSR count). The van der Waals surface area contributed by atoms with E-state index in [0.29, 0.717) is 24.5 Å². The molecule has 0 saturated carbocycles. The minimum atomic E-state index is -0.398. The lowest BCUT2D eigenvalue weighted by Crippen LogP contribution is -2.12. The summed E-state index contributed by atoms with van der Waals surface area (Å²) in [5, 5.41) is 3.90. The van der Waals surface area contributed by atoms with Gasteiger partial charge >= 0.3 is 5.97 Å². The molecule has 0 bridgehead atoms. The quantitative estimate of drug-likeness (QED) is 0.425. The fourth-order valence-electron chi connectivity index (χ4n) is 2.56. The van der Waals surface area contributed by atoms with Crippen LogP contribution in [0.2, 0.25) is 0 Å². The predicted molar refractivity (Wildman–Crippen MR) is 104 cm³/mol. The van der Waals surface area contributed by atoms with Crippen molar-refractivity contribution in [2.24, 2.45) is 0 Å². The third-order valence-electron chi connectivity index (χ3n) is 4.26. The van der Waals surface area contributed by atoms with E-state index in [4.69, 9.17) is 18.7 Å². The first-order chi connectivity index (χ1) is 13.5. The van der Waals surface area contributed by atoms with E-state index in [2.05, 4.69) is 5.16 Å². The van der Waals surface area contributed by atoms with Gasteiger partial charge in [0, 0.05) is 0 Å². The van der Waals surface area contributed by atoms with Gasteiger partial charge in [-0.05, 0) is 57.2 Å². The Kier molecular flexibility index (Phi) is 6.32. The second-order valence-corrected chi connectivity index (χ2v) is 6.41. The Hall–Kier alpha value is -3.28. The Morgan fingerprint density at radius 1 is 0.893 bits per heavy atom. The molecule has 0 N–H and O–H groups in total. The maximum absolute atomic E-state index is 12.1. The van der Waals surface area contributed by atoms with Gasteiger partial charge in [-0.25, -0.2) is 4.79 Å². The number of benzene rings is 2. The summed E-state index contributed by atoms with van der Waals surface area (Å²) in [4.78, 5) is 12.1. The number of hydrogen-bond acceptors (Lipinski definition) is 6. The smallest absolute Gasteiger partial charge is 0.338 e. The van der Waals surface area contributed by atoms with Crippen LogP contribution in [0.1, 0.15) is 32.9 Å². The number of ether oxygens (including phenoxy) is 3. The second-order valence-electron chi connectivity index (χ2n) is 6.41. The first-order valence-corrected chi connectivity index (χ1v) is 9.04. The first-order valence-electron chi connectivity index (χ1n) is 9.04. The topological polar surface area (TPSA) is 70.8 Å². The molecule has 0 unspecified atom stereocenters. The molecule has 0 aliphatic carbocycles. The molecule has 6 heteroatoms. The maximum Gasteiger partial charge on any atom is 0.338 e. The SMILES string of the molecule is Cc1ccc(OCCOC(=O)c2ccc(OCc3c(C)noc3C)cc2)cc1. The van der Waals surface area contributed by atoms with Gasteiger partial charge in [0.2, 0.25) is 0 Å². The highest BCUT2D eigenvalue weighted by Crippen LogP contribution is 2.18. The van der Waals surface area contributed by atoms with E-state index in [-0.39, 0.29) is 6.61 Å². The van der Waals surface area contributed by atoms with Crippen LogP contribution in [0.25, 0.3) is 0 Å². The number of aryl methyl sites for hydroxylation is 3. The van der Waals surface area contributed by atoms with Crippen molar-refractivity contribution in [1.29, 1.82) is 0 Å². The van der Waals surface area contributed by atoms with Crippen molar-refractivity contribution in [1.82, 2.24) is 5.16 Å². The molecule has 0 amide bonds. The number of esters is 1. The van der Waals surface area contributed by atoms with Crippen LogP contribution in [0.4, 0.5) is 0 Å². The van der Waals surface area contributed by atoms with Gasteiger partial charge in [-0.3, -0.25) is 0 Å². The maximum atomic E-state index is 12.1. The highest BCUT2D eigenvalue weighted by Gasteiger charge is 2.11. The highest BCUT2D eigenvalue weighted by atomic mass is 16.6. The minimum absolute atomic E-state index is 0.178. The summed E-state index contributed by atoms with van der Waals surface area (Å²) >= 11 is 0. The van der Waals surface area contributed by atoms with Gasteiger partial charge < -0.3 is 18.7 Å². The zero-order chi connectivity index (χ0) is 19.9. The Morgan fingerprint density at radius 3 is 2.18 bits per heavy atom. The van der Waals surface area contributed by atoms with E-state index >= 15 is 0 Å². The number of nitrogens with zero attached hydrogens (tertiary/aromatic N) is 1. The number of carbonyl (C=O) groups is 1. The molecule has 3 aromatic rings. The van der Waals surface area contributed by atoms with Crippen molar-refractivity contribution in [2.75, 3.05) is 13.2 Å². The normalized spacial score (nSPS) is 10.5. The molecular formula is C22H23NO5. The van der Waals surface area contributed by atoms with Gasteiger partial charge in [-0.15, -0.1) is 0 Å². The van der Waals surface area contributed by atoms with E-state index in [0.717, 1.165) is 28.3 Å². The van der Waals surface area contributed by atoms with Crippen molar-refractivity contribution in [2.45, 2.75) is 27.4 Å². The second kappa shape index (κ2) is 9.08. The largest absolute Gasteiger partial charge is 0.490 e. The van der Waals surface area contributed by atoms with Crippen molar-refractivity contribution in [3.8, 4) is 11.5 Å². The van der Waals surface area contributed by atoms with E-state index in [1.807, 2.05) is 45.0 Å². The Labute approximate surface area is 164 Å². The van der Waals surface area contributed by atoms with Gasteiger partial charge in [0.25, 0.3) is 0 Å². The van der Waals surface area contributed by atoms with Gasteiger partial charge in [-0.2, -0.15) is 0 Å². The first kappa shape index (κ1) is 19.5. The van der Waals surface area contributed by atoms with E-state index in [1.54, 1.807) is 24.3 Å². The van der Waals surface area contributed by atoms with Crippen molar-refractivity contribution in [3.05, 3.63) is 76.7 Å². The monoisotopic (exact) mass is 381 g/mol. The van der Waals surface area contributed by atoms with Crippen molar-refractivity contribution < 1.29 is 23.5 Å². The van der Waals surface area contributed by atoms with Crippen LogP contribution in [0.5, 0.6) is 11.5 Å². The Morgan fingerprint density at radius 2 is 1.54 bits per heavy atom. The van der Waals surface area contributed by atoms with Crippen LogP contribution in [0.3, 0.4) is 0 Å². The molecule has 0 atom stereocenters. The van der Waals surface area contributed by atoms with E-state index in [9.17, 15) is 4.79 Å². The molecule has 28 heavy (non-hydrogen) atoms. The summed E-state index contributed by atoms with van der Waals surface area (Å²) in [6.45, 7) is 6.57. The average molecular weight is 381 g/mol. The molecular weight excluding hydrogens is 358 g/mol. The fourth-order valence-corrected chi connectivity index (χ4v) is 2.56. The molecule has 1 heterocycles. The third kappa shape index (κ3) is 5.13. The van der Waals surface area contributed by atoms with Crippen LogP contribution < -0.4 is 9.47 Å². The van der Waals surface area contributed by atoms with Crippen molar-refractivity contribution >= 4 is 5.97 Å². The summed E-state index contributed by atoms with van der Waals surface area (Å²) in [5.74, 6) is 1.75. The summed E-state index contributed by atoms with van der Waals surface area (Å²) in [6.07, 6.45) is 0. The molecule has 1 aromatic heterocycles. The van der Waals surface area contributed by atoms with Crippen LogP contribution >= 0.6 is 0 Å². The fraction of sp³-hybridized carbons (Fsp3) is 0.273. The van der Waals surface area contributed by atoms with E-state index in [1.165, 1.54) is 0 Å². The van der Waals surface area contributed by atoms with Crippen molar-refractivity contribution in [3.63, 3.8) is 0 Å². The zero-order valence-electron chi connectivity index (χ0n) is 16.2. The third-order valence-corrected chi connectivity index (χ3v) is 4.26. The molecule has 6 nitrogen and oxygen atoms in total. The van der Waals surface area contributed by atoms with Crippen LogP contribution in [0, 0.1) is 20.8 Å². The molecule has 146 valence electrons. The van der Waals surface area contributed by atoms with E-state index < -0.39 is 5.97 Å². The lowest BCUT2D eigenvalue weighted by molar-refractivity contribution is 0.0450. The van der Waals surface area contributed by atoms with Crippen LogP contribution in [-0.4, -0.2) is 24.3 Å². The molecule has 0 saturated heterocycles. The molecule has 0 fully saturated rings. The summed E-state index contributed by atoms with van der Waals surface area (Å²) in [6, 6.07) is 14.5. The lowest BCUT2D eigenvalue weighted by Gasteiger charge is -2.09. The Bertz CT molecular complexity index is 894. The predicted octanol–water partition coefficient (Wildman–Crippen LogP) is 4.41. The summed E-state index contributed by atoms with van der Waals surface area (Å²) < 4.78 is 21.6. The number of carbonyl (C=O) groups excluding carboxylic acids is 1. The summed E-state index contributed by atoms with van der Waals surface area (Å²) in [5.41, 5.74) is 3.36. The van der Waals surface area contributed by atoms with Gasteiger partial charge in [0.15, 0.2) is 0 Å². The van der Waals surface area contributed by atoms with Gasteiger partial charge in [0.05, 0.1) is 16.8 Å². The van der Waals surface area contributed by atoms with Crippen LogP contribution in [-0.2, 0) is 11.3 Å². The lowest BCUT2D eigenvalue weighted by atomic mass is 10.2. The van der Waals surface area contributed by atoms with Gasteiger partial charge in [-0.1, -0.05) is 22.9 Å². The molecule has 0 aliphatic rings. The molecule has 0 aliphatic heterocycles. The molecule has 0 radical (unpaired) electrons. The van der Waals surface area contributed by atoms with Gasteiger partial charge in [0.1, 0.15) is 37.1 Å². The average Bonchev–Trinajstić information content (AvgIpc) is 3.03. The summed E-state index contributed by atoms with van der Waals surface area (Å²) in [7, 11) is 0. The minimum Gasteiger partial charge on any atom is -0.490 e. The zero-order valence-corrected chi connectivity index (χ0v) is 16.2. The highest BCUT2D eigenvalue weighted by molar-refractivity contribution is 5.89. The number of hydrogen-bond donors (Lipinski definition) is 0. The number of aromatic nitrogens is 1. The molecule has 2 aromatic carbocycles. The molecule has 0 spiro atoms. The van der Waals surface area contributed by atoms with Crippen LogP contribution in [0.15, 0.2) is 53.1 Å². The number of rotatable bonds is 8. The standard InChI is InChI=1S/C22H23NO5/c1-15-4-8-19(9-5-15)25-12-13-26-22(24)18-6-10-20(11-7-18)27-14-21-16(2)23-28-17(21)3/h4-11H,12-14H2,1-3H3.